The van der Waals surface area contributed by atoms with Gasteiger partial charge in [-0.05, 0) is 104 Å². The number of nitrogens with zero attached hydrogens (tertiary/aromatic N) is 2. The molecule has 0 bridgehead atoms. The monoisotopic (exact) mass is 542 g/mol. The number of carbonyl (C=O) groups excluding carboxylic acids is 1. The van der Waals surface area contributed by atoms with Crippen LogP contribution in [0.2, 0.25) is 0 Å². The second-order valence-electron chi connectivity index (χ2n) is 10.9. The molecule has 40 heavy (non-hydrogen) atoms. The molecule has 2 unspecified atom stereocenters. The smallest absolute Gasteiger partial charge is 0.287 e. The summed E-state index contributed by atoms with van der Waals surface area (Å²) >= 11 is 0. The molecule has 1 aliphatic carbocycles. The molecule has 4 rings (SSSR count). The summed E-state index contributed by atoms with van der Waals surface area (Å²) in [6.07, 6.45) is 3.99. The SMILES string of the molecule is CCC(C)=C(ON=C(C)C)C1=Cc2cc(-c3nc(C(=O)NCc4ccc(F)cc4)[nH]c3C)ccc2C(C)C(C)C1. The fraction of sp³-hybridized carbons (Fsp3) is 0.364. The average Bonchev–Trinajstić information content (AvgIpc) is 3.27. The predicted octanol–water partition coefficient (Wildman–Crippen LogP) is 8.08. The minimum Gasteiger partial charge on any atom is -0.357 e. The highest BCUT2D eigenvalue weighted by Gasteiger charge is 2.26. The van der Waals surface area contributed by atoms with Crippen LogP contribution >= 0.6 is 0 Å². The fourth-order valence-corrected chi connectivity index (χ4v) is 4.92. The highest BCUT2D eigenvalue weighted by atomic mass is 19.1. The van der Waals surface area contributed by atoms with Gasteiger partial charge in [0.05, 0.1) is 11.4 Å². The minimum atomic E-state index is -0.313. The number of halogens is 1. The number of aryl methyl sites for hydroxylation is 1. The maximum atomic E-state index is 13.2. The number of carbonyl (C=O) groups is 1. The Kier molecular flexibility index (Phi) is 9.03. The molecule has 1 heterocycles. The number of hydrogen-bond donors (Lipinski definition) is 2. The van der Waals surface area contributed by atoms with E-state index in [-0.39, 0.29) is 24.1 Å². The maximum absolute atomic E-state index is 13.2. The van der Waals surface area contributed by atoms with E-state index in [9.17, 15) is 9.18 Å². The Hall–Kier alpha value is -4.00. The van der Waals surface area contributed by atoms with Crippen LogP contribution in [0.4, 0.5) is 4.39 Å². The van der Waals surface area contributed by atoms with Crippen LogP contribution in [0.1, 0.15) is 93.3 Å². The van der Waals surface area contributed by atoms with Crippen LogP contribution in [0.3, 0.4) is 0 Å². The van der Waals surface area contributed by atoms with Gasteiger partial charge in [0.15, 0.2) is 11.6 Å². The second-order valence-corrected chi connectivity index (χ2v) is 10.9. The van der Waals surface area contributed by atoms with Gasteiger partial charge < -0.3 is 15.1 Å². The zero-order valence-electron chi connectivity index (χ0n) is 24.5. The fourth-order valence-electron chi connectivity index (χ4n) is 4.92. The van der Waals surface area contributed by atoms with Gasteiger partial charge in [0, 0.05) is 17.8 Å². The van der Waals surface area contributed by atoms with Gasteiger partial charge in [-0.25, -0.2) is 9.37 Å². The van der Waals surface area contributed by atoms with E-state index in [0.717, 1.165) is 63.5 Å². The third kappa shape index (κ3) is 6.58. The van der Waals surface area contributed by atoms with Gasteiger partial charge in [0.2, 0.25) is 0 Å². The summed E-state index contributed by atoms with van der Waals surface area (Å²) in [5.74, 6) is 1.23. The molecule has 0 saturated carbocycles. The van der Waals surface area contributed by atoms with E-state index in [1.807, 2.05) is 20.8 Å². The van der Waals surface area contributed by atoms with Gasteiger partial charge in [-0.15, -0.1) is 0 Å². The zero-order chi connectivity index (χ0) is 29.0. The molecule has 2 atom stereocenters. The molecular formula is C33H39FN4O2. The van der Waals surface area contributed by atoms with Gasteiger partial charge in [-0.3, -0.25) is 4.79 Å². The number of aromatic amines is 1. The minimum absolute atomic E-state index is 0.243. The Morgan fingerprint density at radius 1 is 1.15 bits per heavy atom. The Balaban J connectivity index is 1.66. The van der Waals surface area contributed by atoms with Crippen LogP contribution in [-0.4, -0.2) is 21.6 Å². The quantitative estimate of drug-likeness (QED) is 0.172. The second kappa shape index (κ2) is 12.5. The van der Waals surface area contributed by atoms with Gasteiger partial charge >= 0.3 is 0 Å². The lowest BCUT2D eigenvalue weighted by atomic mass is 9.85. The number of hydrogen-bond acceptors (Lipinski definition) is 4. The Labute approximate surface area is 236 Å². The van der Waals surface area contributed by atoms with Gasteiger partial charge in [0.25, 0.3) is 5.91 Å². The van der Waals surface area contributed by atoms with Crippen molar-refractivity contribution in [1.82, 2.24) is 15.3 Å². The zero-order valence-corrected chi connectivity index (χ0v) is 24.5. The van der Waals surface area contributed by atoms with Crippen LogP contribution in [0.25, 0.3) is 17.3 Å². The predicted molar refractivity (Wildman–Crippen MR) is 159 cm³/mol. The number of H-pyrrole nitrogens is 1. The third-order valence-corrected chi connectivity index (χ3v) is 7.57. The van der Waals surface area contributed by atoms with E-state index in [2.05, 4.69) is 72.4 Å². The average molecular weight is 543 g/mol. The molecule has 1 aromatic heterocycles. The summed E-state index contributed by atoms with van der Waals surface area (Å²) < 4.78 is 13.2. The standard InChI is InChI=1S/C33H39FN4O2/c1-8-20(4)31(40-38-19(2)3)27-15-21(5)22(6)29-14-11-25(16-26(29)17-27)30-23(7)36-32(37-30)33(39)35-18-24-9-12-28(34)13-10-24/h9-14,16-17,21-22H,8,15,18H2,1-7H3,(H,35,39)(H,36,37). The highest BCUT2D eigenvalue weighted by molar-refractivity contribution is 5.91. The van der Waals surface area contributed by atoms with E-state index in [4.69, 9.17) is 4.84 Å². The first-order valence-corrected chi connectivity index (χ1v) is 13.9. The molecule has 0 aliphatic heterocycles. The van der Waals surface area contributed by atoms with Gasteiger partial charge in [0.1, 0.15) is 5.82 Å². The Bertz CT molecular complexity index is 1480. The van der Waals surface area contributed by atoms with Crippen molar-refractivity contribution in [2.24, 2.45) is 11.1 Å². The summed E-state index contributed by atoms with van der Waals surface area (Å²) in [6, 6.07) is 12.5. The van der Waals surface area contributed by atoms with Crippen molar-refractivity contribution in [3.8, 4) is 11.3 Å². The summed E-state index contributed by atoms with van der Waals surface area (Å²) in [7, 11) is 0. The number of aromatic nitrogens is 2. The molecule has 7 heteroatoms. The summed E-state index contributed by atoms with van der Waals surface area (Å²) in [6.45, 7) is 14.8. The normalized spacial score (nSPS) is 17.2. The number of benzene rings is 2. The Morgan fingerprint density at radius 3 is 2.55 bits per heavy atom. The molecule has 2 aromatic carbocycles. The van der Waals surface area contributed by atoms with Crippen molar-refractivity contribution in [2.75, 3.05) is 0 Å². The van der Waals surface area contributed by atoms with Crippen molar-refractivity contribution >= 4 is 17.7 Å². The molecule has 0 saturated heterocycles. The molecule has 1 amide bonds. The Morgan fingerprint density at radius 2 is 1.88 bits per heavy atom. The van der Waals surface area contributed by atoms with Crippen molar-refractivity contribution in [3.05, 3.63) is 93.4 Å². The van der Waals surface area contributed by atoms with E-state index < -0.39 is 0 Å². The van der Waals surface area contributed by atoms with Crippen LogP contribution in [-0.2, 0) is 11.4 Å². The number of rotatable bonds is 8. The number of oxime groups is 1. The molecule has 2 N–H and O–H groups in total. The summed E-state index contributed by atoms with van der Waals surface area (Å²) in [5.41, 5.74) is 8.86. The molecule has 1 aliphatic rings. The maximum Gasteiger partial charge on any atom is 0.287 e. The first-order valence-electron chi connectivity index (χ1n) is 13.9. The molecule has 0 fully saturated rings. The number of allylic oxidation sites excluding steroid dienone is 2. The molecule has 0 spiro atoms. The lowest BCUT2D eigenvalue weighted by Crippen LogP contribution is -2.24. The van der Waals surface area contributed by atoms with Crippen molar-refractivity contribution < 1.29 is 14.0 Å². The first kappa shape index (κ1) is 29.0. The third-order valence-electron chi connectivity index (χ3n) is 7.57. The lowest BCUT2D eigenvalue weighted by molar-refractivity contribution is 0.0941. The van der Waals surface area contributed by atoms with Crippen LogP contribution < -0.4 is 5.32 Å². The van der Waals surface area contributed by atoms with Crippen LogP contribution in [0.5, 0.6) is 0 Å². The van der Waals surface area contributed by atoms with Crippen LogP contribution in [0, 0.1) is 18.7 Å². The van der Waals surface area contributed by atoms with Crippen molar-refractivity contribution in [1.29, 1.82) is 0 Å². The first-order chi connectivity index (χ1) is 19.1. The number of amides is 1. The van der Waals surface area contributed by atoms with Crippen molar-refractivity contribution in [3.63, 3.8) is 0 Å². The van der Waals surface area contributed by atoms with E-state index >= 15 is 0 Å². The van der Waals surface area contributed by atoms with E-state index in [0.29, 0.717) is 11.8 Å². The largest absolute Gasteiger partial charge is 0.357 e. The summed E-state index contributed by atoms with van der Waals surface area (Å²) in [5, 5.41) is 7.14. The summed E-state index contributed by atoms with van der Waals surface area (Å²) in [4.78, 5) is 26.6. The topological polar surface area (TPSA) is 79.4 Å². The highest BCUT2D eigenvalue weighted by Crippen LogP contribution is 2.40. The number of fused-ring (bicyclic) bond motifs is 1. The molecular weight excluding hydrogens is 503 g/mol. The van der Waals surface area contributed by atoms with Crippen LogP contribution in [0.15, 0.2) is 64.5 Å². The van der Waals surface area contributed by atoms with Gasteiger partial charge in [-0.2, -0.15) is 0 Å². The molecule has 6 nitrogen and oxygen atoms in total. The van der Waals surface area contributed by atoms with E-state index in [1.54, 1.807) is 12.1 Å². The lowest BCUT2D eigenvalue weighted by Gasteiger charge is -2.21. The van der Waals surface area contributed by atoms with Crippen molar-refractivity contribution in [2.45, 2.75) is 73.8 Å². The number of imidazole rings is 1. The number of nitrogens with one attached hydrogen (secondary N) is 2. The molecule has 0 radical (unpaired) electrons. The van der Waals surface area contributed by atoms with E-state index in [1.165, 1.54) is 17.7 Å². The molecule has 3 aromatic rings. The molecule has 210 valence electrons. The van der Waals surface area contributed by atoms with Gasteiger partial charge in [-0.1, -0.05) is 50.2 Å².